The van der Waals surface area contributed by atoms with Crippen LogP contribution in [0.4, 0.5) is 4.39 Å². The zero-order chi connectivity index (χ0) is 14.2. The third-order valence-electron chi connectivity index (χ3n) is 4.17. The summed E-state index contributed by atoms with van der Waals surface area (Å²) in [6, 6.07) is 13.0. The van der Waals surface area contributed by atoms with E-state index in [1.54, 1.807) is 12.1 Å². The number of halogens is 1. The van der Waals surface area contributed by atoms with Crippen LogP contribution < -0.4 is 10.5 Å². The van der Waals surface area contributed by atoms with Crippen molar-refractivity contribution in [1.29, 1.82) is 0 Å². The van der Waals surface area contributed by atoms with Gasteiger partial charge >= 0.3 is 0 Å². The van der Waals surface area contributed by atoms with Gasteiger partial charge in [0, 0.05) is 11.6 Å². The van der Waals surface area contributed by atoms with Gasteiger partial charge in [-0.05, 0) is 36.5 Å². The zero-order valence-electron chi connectivity index (χ0n) is 11.5. The first-order valence-corrected chi connectivity index (χ1v) is 6.86. The van der Waals surface area contributed by atoms with Crippen molar-refractivity contribution >= 4 is 0 Å². The van der Waals surface area contributed by atoms with Crippen LogP contribution in [-0.4, -0.2) is 7.11 Å². The van der Waals surface area contributed by atoms with Crippen LogP contribution >= 0.6 is 0 Å². The largest absolute Gasteiger partial charge is 0.497 e. The molecule has 3 heteroatoms. The molecule has 0 saturated heterocycles. The summed E-state index contributed by atoms with van der Waals surface area (Å²) in [6.45, 7) is 0. The molecule has 1 atom stereocenters. The minimum atomic E-state index is -0.745. The molecule has 0 aromatic heterocycles. The third kappa shape index (κ3) is 1.98. The van der Waals surface area contributed by atoms with E-state index in [1.165, 1.54) is 18.7 Å². The maximum Gasteiger partial charge on any atom is 0.132 e. The second kappa shape index (κ2) is 4.91. The van der Waals surface area contributed by atoms with Crippen LogP contribution in [0.1, 0.15) is 29.5 Å². The number of methoxy groups -OCH3 is 1. The fourth-order valence-electron chi connectivity index (χ4n) is 3.13. The maximum atomic E-state index is 14.4. The van der Waals surface area contributed by atoms with Crippen molar-refractivity contribution in [3.05, 3.63) is 65.0 Å². The van der Waals surface area contributed by atoms with Crippen molar-refractivity contribution in [2.75, 3.05) is 7.11 Å². The summed E-state index contributed by atoms with van der Waals surface area (Å²) in [6.07, 6.45) is 2.74. The Hall–Kier alpha value is -1.87. The molecule has 0 bridgehead atoms. The lowest BCUT2D eigenvalue weighted by molar-refractivity contribution is 0.400. The molecule has 20 heavy (non-hydrogen) atoms. The molecule has 0 aliphatic heterocycles. The average Bonchev–Trinajstić information content (AvgIpc) is 2.47. The first-order valence-electron chi connectivity index (χ1n) is 6.86. The predicted octanol–water partition coefficient (Wildman–Crippen LogP) is 3.37. The second-order valence-electron chi connectivity index (χ2n) is 5.33. The van der Waals surface area contributed by atoms with E-state index in [0.29, 0.717) is 11.3 Å². The lowest BCUT2D eigenvalue weighted by Gasteiger charge is -2.36. The standard InChI is InChI=1S/C17H18FNO/c1-20-13-8-9-15(16(18)11-13)17(19)10-4-6-12-5-2-3-7-14(12)17/h2-3,5,7-9,11H,4,6,10,19H2,1H3. The van der Waals surface area contributed by atoms with Crippen molar-refractivity contribution in [2.45, 2.75) is 24.8 Å². The van der Waals surface area contributed by atoms with Gasteiger partial charge in [0.2, 0.25) is 0 Å². The summed E-state index contributed by atoms with van der Waals surface area (Å²) in [5, 5.41) is 0. The van der Waals surface area contributed by atoms with Crippen LogP contribution in [0.2, 0.25) is 0 Å². The summed E-state index contributed by atoms with van der Waals surface area (Å²) >= 11 is 0. The summed E-state index contributed by atoms with van der Waals surface area (Å²) in [7, 11) is 1.53. The zero-order valence-corrected chi connectivity index (χ0v) is 11.5. The summed E-state index contributed by atoms with van der Waals surface area (Å²) in [5.74, 6) is 0.211. The van der Waals surface area contributed by atoms with E-state index >= 15 is 0 Å². The highest BCUT2D eigenvalue weighted by molar-refractivity contribution is 5.46. The normalized spacial score (nSPS) is 21.4. The monoisotopic (exact) mass is 271 g/mol. The molecule has 0 spiro atoms. The van der Waals surface area contributed by atoms with Gasteiger partial charge in [-0.2, -0.15) is 0 Å². The van der Waals surface area contributed by atoms with Crippen LogP contribution in [0.15, 0.2) is 42.5 Å². The Balaban J connectivity index is 2.14. The average molecular weight is 271 g/mol. The molecule has 0 fully saturated rings. The van der Waals surface area contributed by atoms with Gasteiger partial charge in [0.25, 0.3) is 0 Å². The molecular formula is C17H18FNO. The third-order valence-corrected chi connectivity index (χ3v) is 4.17. The van der Waals surface area contributed by atoms with E-state index in [2.05, 4.69) is 6.07 Å². The molecule has 104 valence electrons. The molecule has 0 amide bonds. The number of ether oxygens (including phenoxy) is 1. The molecule has 2 aromatic rings. The topological polar surface area (TPSA) is 35.2 Å². The number of hydrogen-bond donors (Lipinski definition) is 1. The summed E-state index contributed by atoms with van der Waals surface area (Å²) in [5.41, 5.74) is 8.66. The van der Waals surface area contributed by atoms with Gasteiger partial charge in [-0.15, -0.1) is 0 Å². The molecule has 2 nitrogen and oxygen atoms in total. The molecule has 0 saturated carbocycles. The Morgan fingerprint density at radius 2 is 1.95 bits per heavy atom. The van der Waals surface area contributed by atoms with Crippen LogP contribution in [-0.2, 0) is 12.0 Å². The van der Waals surface area contributed by atoms with Crippen LogP contribution in [0.3, 0.4) is 0 Å². The van der Waals surface area contributed by atoms with Gasteiger partial charge in [0.05, 0.1) is 12.6 Å². The van der Waals surface area contributed by atoms with Crippen molar-refractivity contribution in [2.24, 2.45) is 5.73 Å². The maximum absolute atomic E-state index is 14.4. The van der Waals surface area contributed by atoms with Gasteiger partial charge in [-0.1, -0.05) is 30.3 Å². The fourth-order valence-corrected chi connectivity index (χ4v) is 3.13. The minimum absolute atomic E-state index is 0.302. The number of fused-ring (bicyclic) bond motifs is 1. The molecule has 1 aliphatic rings. The quantitative estimate of drug-likeness (QED) is 0.909. The molecular weight excluding hydrogens is 253 g/mol. The van der Waals surface area contributed by atoms with E-state index in [0.717, 1.165) is 24.8 Å². The number of benzene rings is 2. The van der Waals surface area contributed by atoms with Crippen LogP contribution in [0.25, 0.3) is 0 Å². The van der Waals surface area contributed by atoms with Crippen molar-refractivity contribution in [3.63, 3.8) is 0 Å². The van der Waals surface area contributed by atoms with Crippen LogP contribution in [0.5, 0.6) is 5.75 Å². The van der Waals surface area contributed by atoms with E-state index < -0.39 is 5.54 Å². The van der Waals surface area contributed by atoms with Crippen molar-refractivity contribution in [3.8, 4) is 5.75 Å². The van der Waals surface area contributed by atoms with E-state index in [4.69, 9.17) is 10.5 Å². The Morgan fingerprint density at radius 1 is 1.15 bits per heavy atom. The smallest absolute Gasteiger partial charge is 0.132 e. The molecule has 2 N–H and O–H groups in total. The Kier molecular flexibility index (Phi) is 3.22. The lowest BCUT2D eigenvalue weighted by atomic mass is 9.73. The number of rotatable bonds is 2. The first kappa shape index (κ1) is 13.1. The summed E-state index contributed by atoms with van der Waals surface area (Å²) in [4.78, 5) is 0. The molecule has 2 aromatic carbocycles. The number of aryl methyl sites for hydroxylation is 1. The number of hydrogen-bond acceptors (Lipinski definition) is 2. The first-order chi connectivity index (χ1) is 9.65. The molecule has 0 heterocycles. The minimum Gasteiger partial charge on any atom is -0.497 e. The Morgan fingerprint density at radius 3 is 2.70 bits per heavy atom. The van der Waals surface area contributed by atoms with Gasteiger partial charge < -0.3 is 10.5 Å². The second-order valence-corrected chi connectivity index (χ2v) is 5.33. The lowest BCUT2D eigenvalue weighted by Crippen LogP contribution is -2.41. The SMILES string of the molecule is COc1ccc(C2(N)CCCc3ccccc32)c(F)c1. The van der Waals surface area contributed by atoms with Gasteiger partial charge in [0.15, 0.2) is 0 Å². The fraction of sp³-hybridized carbons (Fsp3) is 0.294. The molecule has 1 unspecified atom stereocenters. The predicted molar refractivity (Wildman–Crippen MR) is 77.3 cm³/mol. The van der Waals surface area contributed by atoms with Crippen LogP contribution in [0, 0.1) is 5.82 Å². The van der Waals surface area contributed by atoms with E-state index in [-0.39, 0.29) is 5.82 Å². The Labute approximate surface area is 118 Å². The van der Waals surface area contributed by atoms with E-state index in [1.807, 2.05) is 18.2 Å². The summed E-state index contributed by atoms with van der Waals surface area (Å²) < 4.78 is 19.5. The van der Waals surface area contributed by atoms with Crippen molar-refractivity contribution < 1.29 is 9.13 Å². The van der Waals surface area contributed by atoms with Gasteiger partial charge in [0.1, 0.15) is 11.6 Å². The van der Waals surface area contributed by atoms with Gasteiger partial charge in [-0.25, -0.2) is 4.39 Å². The number of nitrogens with two attached hydrogens (primary N) is 1. The molecule has 0 radical (unpaired) electrons. The highest BCUT2D eigenvalue weighted by Crippen LogP contribution is 2.40. The molecule has 3 rings (SSSR count). The van der Waals surface area contributed by atoms with Crippen molar-refractivity contribution in [1.82, 2.24) is 0 Å². The van der Waals surface area contributed by atoms with Gasteiger partial charge in [-0.3, -0.25) is 0 Å². The van der Waals surface area contributed by atoms with E-state index in [9.17, 15) is 4.39 Å². The highest BCUT2D eigenvalue weighted by atomic mass is 19.1. The molecule has 1 aliphatic carbocycles. The Bertz CT molecular complexity index is 641. The highest BCUT2D eigenvalue weighted by Gasteiger charge is 2.36.